The Kier molecular flexibility index (Phi) is 4.23. The van der Waals surface area contributed by atoms with Gasteiger partial charge in [0.25, 0.3) is 0 Å². The average Bonchev–Trinajstić information content (AvgIpc) is 2.34. The van der Waals surface area contributed by atoms with Crippen LogP contribution >= 0.6 is 0 Å². The van der Waals surface area contributed by atoms with Crippen molar-refractivity contribution < 1.29 is 17.9 Å². The van der Waals surface area contributed by atoms with E-state index in [1.165, 1.54) is 37.5 Å². The summed E-state index contributed by atoms with van der Waals surface area (Å²) in [5.74, 6) is -0.478. The Bertz CT molecular complexity index is 621. The standard InChI is InChI=1S/C12H11NO4S/c1-17-12(14)10-5-3-9(4-6-10)7-11(8-13)18(2,15)16/h3-7H,1-2H3/b11-7+. The van der Waals surface area contributed by atoms with E-state index in [1.54, 1.807) is 6.07 Å². The van der Waals surface area contributed by atoms with Crippen LogP contribution in [0.4, 0.5) is 0 Å². The van der Waals surface area contributed by atoms with E-state index in [9.17, 15) is 13.2 Å². The quantitative estimate of drug-likeness (QED) is 0.609. The number of hydrogen-bond donors (Lipinski definition) is 0. The zero-order valence-electron chi connectivity index (χ0n) is 9.88. The molecule has 1 rings (SSSR count). The second-order valence-electron chi connectivity index (χ2n) is 3.51. The number of ether oxygens (including phenoxy) is 1. The Morgan fingerprint density at radius 2 is 1.89 bits per heavy atom. The van der Waals surface area contributed by atoms with Gasteiger partial charge in [-0.25, -0.2) is 13.2 Å². The summed E-state index contributed by atoms with van der Waals surface area (Å²) in [4.78, 5) is 10.9. The molecule has 0 radical (unpaired) electrons. The summed E-state index contributed by atoms with van der Waals surface area (Å²) in [7, 11) is -2.26. The van der Waals surface area contributed by atoms with Gasteiger partial charge in [0, 0.05) is 6.26 Å². The number of allylic oxidation sites excluding steroid dienone is 1. The van der Waals surface area contributed by atoms with Gasteiger partial charge in [-0.05, 0) is 23.8 Å². The minimum Gasteiger partial charge on any atom is -0.465 e. The van der Waals surface area contributed by atoms with Crippen LogP contribution in [-0.4, -0.2) is 27.8 Å². The molecule has 1 aromatic carbocycles. The first kappa shape index (κ1) is 13.9. The lowest BCUT2D eigenvalue weighted by molar-refractivity contribution is 0.0600. The van der Waals surface area contributed by atoms with Crippen molar-refractivity contribution >= 4 is 21.9 Å². The monoisotopic (exact) mass is 265 g/mol. The minimum atomic E-state index is -3.54. The predicted octanol–water partition coefficient (Wildman–Crippen LogP) is 1.38. The van der Waals surface area contributed by atoms with Crippen LogP contribution in [0.25, 0.3) is 6.08 Å². The van der Waals surface area contributed by atoms with E-state index in [0.717, 1.165) is 6.26 Å². The predicted molar refractivity (Wildman–Crippen MR) is 66.2 cm³/mol. The fourth-order valence-corrected chi connectivity index (χ4v) is 1.72. The molecule has 5 nitrogen and oxygen atoms in total. The summed E-state index contributed by atoms with van der Waals surface area (Å²) in [6.45, 7) is 0. The van der Waals surface area contributed by atoms with Gasteiger partial charge in [-0.1, -0.05) is 12.1 Å². The largest absolute Gasteiger partial charge is 0.465 e. The third-order valence-corrected chi connectivity index (χ3v) is 3.15. The first-order chi connectivity index (χ1) is 8.38. The fraction of sp³-hybridized carbons (Fsp3) is 0.167. The molecule has 1 aromatic rings. The van der Waals surface area contributed by atoms with Crippen LogP contribution in [-0.2, 0) is 14.6 Å². The van der Waals surface area contributed by atoms with Crippen molar-refractivity contribution in [2.75, 3.05) is 13.4 Å². The first-order valence-corrected chi connectivity index (χ1v) is 6.78. The van der Waals surface area contributed by atoms with Crippen molar-refractivity contribution in [3.05, 3.63) is 40.3 Å². The molecule has 18 heavy (non-hydrogen) atoms. The normalized spacial score (nSPS) is 11.7. The Morgan fingerprint density at radius 1 is 1.33 bits per heavy atom. The number of carbonyl (C=O) groups is 1. The lowest BCUT2D eigenvalue weighted by Crippen LogP contribution is -2.01. The number of hydrogen-bond acceptors (Lipinski definition) is 5. The van der Waals surface area contributed by atoms with Crippen molar-refractivity contribution in [1.29, 1.82) is 5.26 Å². The van der Waals surface area contributed by atoms with E-state index in [1.807, 2.05) is 0 Å². The summed E-state index contributed by atoms with van der Waals surface area (Å²) in [6, 6.07) is 7.68. The molecule has 0 heterocycles. The highest BCUT2D eigenvalue weighted by Crippen LogP contribution is 2.12. The average molecular weight is 265 g/mol. The van der Waals surface area contributed by atoms with Gasteiger partial charge in [0.2, 0.25) is 0 Å². The van der Waals surface area contributed by atoms with Crippen LogP contribution in [0.3, 0.4) is 0 Å². The van der Waals surface area contributed by atoms with Gasteiger partial charge in [-0.2, -0.15) is 5.26 Å². The van der Waals surface area contributed by atoms with Crippen LogP contribution < -0.4 is 0 Å². The number of benzene rings is 1. The highest BCUT2D eigenvalue weighted by atomic mass is 32.2. The summed E-state index contributed by atoms with van der Waals surface area (Å²) >= 11 is 0. The van der Waals surface area contributed by atoms with Crippen LogP contribution in [0, 0.1) is 11.3 Å². The lowest BCUT2D eigenvalue weighted by atomic mass is 10.1. The molecule has 0 aliphatic heterocycles. The van der Waals surface area contributed by atoms with Gasteiger partial charge in [-0.3, -0.25) is 0 Å². The molecule has 0 atom stereocenters. The number of rotatable bonds is 3. The number of nitrogens with zero attached hydrogens (tertiary/aromatic N) is 1. The van der Waals surface area contributed by atoms with E-state index in [0.29, 0.717) is 11.1 Å². The van der Waals surface area contributed by atoms with Crippen LogP contribution in [0.15, 0.2) is 29.2 Å². The van der Waals surface area contributed by atoms with Crippen molar-refractivity contribution in [3.8, 4) is 6.07 Å². The second-order valence-corrected chi connectivity index (χ2v) is 5.49. The van der Waals surface area contributed by atoms with Gasteiger partial charge < -0.3 is 4.74 Å². The SMILES string of the molecule is COC(=O)c1ccc(/C=C(\C#N)S(C)(=O)=O)cc1. The molecule has 0 N–H and O–H groups in total. The van der Waals surface area contributed by atoms with Crippen LogP contribution in [0.2, 0.25) is 0 Å². The van der Waals surface area contributed by atoms with Crippen molar-refractivity contribution in [2.45, 2.75) is 0 Å². The molecule has 94 valence electrons. The first-order valence-electron chi connectivity index (χ1n) is 4.88. The molecule has 0 aromatic heterocycles. The Labute approximate surface area is 105 Å². The maximum atomic E-state index is 11.2. The molecule has 0 aliphatic rings. The minimum absolute atomic E-state index is 0.326. The molecule has 0 spiro atoms. The topological polar surface area (TPSA) is 84.2 Å². The number of sulfone groups is 1. The number of methoxy groups -OCH3 is 1. The van der Waals surface area contributed by atoms with Crippen molar-refractivity contribution in [2.24, 2.45) is 0 Å². The zero-order valence-corrected chi connectivity index (χ0v) is 10.7. The second kappa shape index (κ2) is 5.47. The third-order valence-electron chi connectivity index (χ3n) is 2.14. The van der Waals surface area contributed by atoms with Gasteiger partial charge in [0.05, 0.1) is 12.7 Å². The highest BCUT2D eigenvalue weighted by Gasteiger charge is 2.10. The van der Waals surface area contributed by atoms with E-state index in [-0.39, 0.29) is 4.91 Å². The molecular weight excluding hydrogens is 254 g/mol. The number of carbonyl (C=O) groups excluding carboxylic acids is 1. The zero-order chi connectivity index (χ0) is 13.8. The molecule has 0 unspecified atom stereocenters. The highest BCUT2D eigenvalue weighted by molar-refractivity contribution is 7.95. The summed E-state index contributed by atoms with van der Waals surface area (Å²) in [5.41, 5.74) is 0.872. The lowest BCUT2D eigenvalue weighted by Gasteiger charge is -2.00. The summed E-state index contributed by atoms with van der Waals surface area (Å²) in [6.07, 6.45) is 2.21. The molecule has 0 saturated carbocycles. The van der Waals surface area contributed by atoms with Crippen LogP contribution in [0.5, 0.6) is 0 Å². The Hall–Kier alpha value is -2.13. The van der Waals surface area contributed by atoms with E-state index < -0.39 is 15.8 Å². The van der Waals surface area contributed by atoms with E-state index >= 15 is 0 Å². The Morgan fingerprint density at radius 3 is 2.28 bits per heavy atom. The number of esters is 1. The van der Waals surface area contributed by atoms with Gasteiger partial charge >= 0.3 is 5.97 Å². The molecule has 0 aliphatic carbocycles. The fourth-order valence-electron chi connectivity index (χ4n) is 1.21. The molecule has 6 heteroatoms. The maximum Gasteiger partial charge on any atom is 0.337 e. The third kappa shape index (κ3) is 3.43. The molecule has 0 fully saturated rings. The van der Waals surface area contributed by atoms with Gasteiger partial charge in [0.15, 0.2) is 9.84 Å². The van der Waals surface area contributed by atoms with Gasteiger partial charge in [0.1, 0.15) is 11.0 Å². The van der Waals surface area contributed by atoms with Crippen molar-refractivity contribution in [1.82, 2.24) is 0 Å². The molecule has 0 amide bonds. The maximum absolute atomic E-state index is 11.2. The van der Waals surface area contributed by atoms with E-state index in [2.05, 4.69) is 4.74 Å². The smallest absolute Gasteiger partial charge is 0.337 e. The summed E-state index contributed by atoms with van der Waals surface area (Å²) < 4.78 is 27.0. The van der Waals surface area contributed by atoms with Crippen LogP contribution in [0.1, 0.15) is 15.9 Å². The van der Waals surface area contributed by atoms with Gasteiger partial charge in [-0.15, -0.1) is 0 Å². The Balaban J connectivity index is 3.11. The molecule has 0 bridgehead atoms. The molecular formula is C12H11NO4S. The number of nitriles is 1. The molecule has 0 saturated heterocycles. The van der Waals surface area contributed by atoms with E-state index in [4.69, 9.17) is 5.26 Å². The summed E-state index contributed by atoms with van der Waals surface area (Å²) in [5, 5.41) is 8.73. The van der Waals surface area contributed by atoms with Crippen molar-refractivity contribution in [3.63, 3.8) is 0 Å².